The fourth-order valence-corrected chi connectivity index (χ4v) is 2.01. The molecule has 0 saturated heterocycles. The zero-order valence-electron chi connectivity index (χ0n) is 9.78. The van der Waals surface area contributed by atoms with Gasteiger partial charge in [-0.3, -0.25) is 4.98 Å². The largest absolute Gasteiger partial charge is 0.383 e. The predicted octanol–water partition coefficient (Wildman–Crippen LogP) is 1.80. The number of aromatic nitrogens is 1. The highest BCUT2D eigenvalue weighted by molar-refractivity contribution is 5.15. The van der Waals surface area contributed by atoms with Crippen molar-refractivity contribution >= 4 is 0 Å². The van der Waals surface area contributed by atoms with Crippen molar-refractivity contribution in [3.8, 4) is 0 Å². The minimum atomic E-state index is -1.06. The Balaban J connectivity index is 3.08. The first-order valence-electron chi connectivity index (χ1n) is 5.62. The second kappa shape index (κ2) is 5.37. The molecular formula is C12H19FN2O. The summed E-state index contributed by atoms with van der Waals surface area (Å²) in [5.74, 6) is -0.460. The standard InChI is InChI=1S/C12H19FN2O/c1-3-9(7-14)12(16,4-2)11-6-5-10(13)8-15-11/h5-6,8-9,16H,3-4,7,14H2,1-2H3. The van der Waals surface area contributed by atoms with Gasteiger partial charge >= 0.3 is 0 Å². The van der Waals surface area contributed by atoms with Crippen molar-refractivity contribution in [2.45, 2.75) is 32.3 Å². The lowest BCUT2D eigenvalue weighted by Gasteiger charge is -2.33. The van der Waals surface area contributed by atoms with E-state index in [0.717, 1.165) is 12.6 Å². The van der Waals surface area contributed by atoms with Crippen LogP contribution in [0.15, 0.2) is 18.3 Å². The Bertz CT molecular complexity index is 324. The van der Waals surface area contributed by atoms with Gasteiger partial charge in [-0.05, 0) is 31.5 Å². The molecule has 1 rings (SSSR count). The van der Waals surface area contributed by atoms with E-state index in [9.17, 15) is 9.50 Å². The van der Waals surface area contributed by atoms with Crippen molar-refractivity contribution in [3.05, 3.63) is 29.8 Å². The molecule has 0 saturated carbocycles. The van der Waals surface area contributed by atoms with Crippen LogP contribution in [0.2, 0.25) is 0 Å². The number of rotatable bonds is 5. The molecule has 2 unspecified atom stereocenters. The molecule has 0 bridgehead atoms. The fourth-order valence-electron chi connectivity index (χ4n) is 2.01. The van der Waals surface area contributed by atoms with Crippen LogP contribution in [0.25, 0.3) is 0 Å². The number of halogens is 1. The second-order valence-electron chi connectivity index (χ2n) is 3.98. The normalized spacial score (nSPS) is 16.8. The summed E-state index contributed by atoms with van der Waals surface area (Å²) in [5.41, 5.74) is 5.09. The number of pyridine rings is 1. The van der Waals surface area contributed by atoms with Gasteiger partial charge in [-0.25, -0.2) is 4.39 Å². The molecule has 90 valence electrons. The molecule has 3 N–H and O–H groups in total. The van der Waals surface area contributed by atoms with E-state index < -0.39 is 11.4 Å². The van der Waals surface area contributed by atoms with Crippen LogP contribution in [0.4, 0.5) is 4.39 Å². The van der Waals surface area contributed by atoms with Gasteiger partial charge in [0, 0.05) is 5.92 Å². The molecule has 1 aromatic heterocycles. The summed E-state index contributed by atoms with van der Waals surface area (Å²) in [6.07, 6.45) is 2.40. The number of nitrogens with two attached hydrogens (primary N) is 1. The molecule has 16 heavy (non-hydrogen) atoms. The van der Waals surface area contributed by atoms with Gasteiger partial charge in [0.05, 0.1) is 11.9 Å². The maximum Gasteiger partial charge on any atom is 0.141 e. The van der Waals surface area contributed by atoms with Crippen molar-refractivity contribution in [3.63, 3.8) is 0 Å². The summed E-state index contributed by atoms with van der Waals surface area (Å²) < 4.78 is 12.8. The molecule has 1 heterocycles. The van der Waals surface area contributed by atoms with Crippen LogP contribution in [-0.4, -0.2) is 16.6 Å². The molecule has 0 spiro atoms. The van der Waals surface area contributed by atoms with Gasteiger partial charge in [-0.15, -0.1) is 0 Å². The van der Waals surface area contributed by atoms with E-state index in [2.05, 4.69) is 4.98 Å². The molecule has 0 fully saturated rings. The van der Waals surface area contributed by atoms with Crippen LogP contribution in [0.3, 0.4) is 0 Å². The molecule has 0 aliphatic rings. The van der Waals surface area contributed by atoms with Gasteiger partial charge in [0.2, 0.25) is 0 Å². The molecule has 0 amide bonds. The molecule has 0 radical (unpaired) electrons. The highest BCUT2D eigenvalue weighted by Gasteiger charge is 2.36. The van der Waals surface area contributed by atoms with Crippen molar-refractivity contribution in [1.82, 2.24) is 4.98 Å². The SMILES string of the molecule is CCC(CN)C(O)(CC)c1ccc(F)cn1. The van der Waals surface area contributed by atoms with Crippen molar-refractivity contribution in [1.29, 1.82) is 0 Å². The Morgan fingerprint density at radius 3 is 2.56 bits per heavy atom. The Morgan fingerprint density at radius 1 is 1.50 bits per heavy atom. The highest BCUT2D eigenvalue weighted by Crippen LogP contribution is 2.33. The zero-order chi connectivity index (χ0) is 12.2. The quantitative estimate of drug-likeness (QED) is 0.805. The van der Waals surface area contributed by atoms with Gasteiger partial charge < -0.3 is 10.8 Å². The lowest BCUT2D eigenvalue weighted by molar-refractivity contribution is -0.0301. The van der Waals surface area contributed by atoms with Gasteiger partial charge in [0.25, 0.3) is 0 Å². The number of aliphatic hydroxyl groups is 1. The molecule has 0 aliphatic carbocycles. The minimum Gasteiger partial charge on any atom is -0.383 e. The van der Waals surface area contributed by atoms with Crippen LogP contribution in [0, 0.1) is 11.7 Å². The summed E-state index contributed by atoms with van der Waals surface area (Å²) in [7, 11) is 0. The van der Waals surface area contributed by atoms with Gasteiger partial charge in [0.15, 0.2) is 0 Å². The van der Waals surface area contributed by atoms with Crippen LogP contribution < -0.4 is 5.73 Å². The smallest absolute Gasteiger partial charge is 0.141 e. The molecule has 1 aromatic rings. The third-order valence-electron chi connectivity index (χ3n) is 3.16. The highest BCUT2D eigenvalue weighted by atomic mass is 19.1. The van der Waals surface area contributed by atoms with E-state index in [0.29, 0.717) is 18.7 Å². The van der Waals surface area contributed by atoms with E-state index in [-0.39, 0.29) is 5.92 Å². The molecular weight excluding hydrogens is 207 g/mol. The van der Waals surface area contributed by atoms with Crippen LogP contribution in [-0.2, 0) is 5.60 Å². The first kappa shape index (κ1) is 13.1. The van der Waals surface area contributed by atoms with E-state index in [1.54, 1.807) is 0 Å². The average molecular weight is 226 g/mol. The topological polar surface area (TPSA) is 59.1 Å². The summed E-state index contributed by atoms with van der Waals surface area (Å²) in [6.45, 7) is 4.24. The van der Waals surface area contributed by atoms with Crippen LogP contribution >= 0.6 is 0 Å². The van der Waals surface area contributed by atoms with Gasteiger partial charge in [-0.2, -0.15) is 0 Å². The molecule has 4 heteroatoms. The molecule has 3 nitrogen and oxygen atoms in total. The monoisotopic (exact) mass is 226 g/mol. The molecule has 0 aromatic carbocycles. The predicted molar refractivity (Wildman–Crippen MR) is 61.2 cm³/mol. The maximum atomic E-state index is 12.8. The van der Waals surface area contributed by atoms with Crippen molar-refractivity contribution in [2.24, 2.45) is 11.7 Å². The Hall–Kier alpha value is -1.00. The maximum absolute atomic E-state index is 12.8. The molecule has 2 atom stereocenters. The van der Waals surface area contributed by atoms with E-state index in [4.69, 9.17) is 5.73 Å². The number of hydrogen-bond donors (Lipinski definition) is 2. The third-order valence-corrected chi connectivity index (χ3v) is 3.16. The first-order chi connectivity index (χ1) is 7.58. The average Bonchev–Trinajstić information content (AvgIpc) is 2.31. The van der Waals surface area contributed by atoms with E-state index in [1.807, 2.05) is 13.8 Å². The summed E-state index contributed by atoms with van der Waals surface area (Å²) in [6, 6.07) is 2.84. The summed E-state index contributed by atoms with van der Waals surface area (Å²) in [5, 5.41) is 10.6. The lowest BCUT2D eigenvalue weighted by atomic mass is 9.80. The number of hydrogen-bond acceptors (Lipinski definition) is 3. The van der Waals surface area contributed by atoms with Gasteiger partial charge in [-0.1, -0.05) is 13.8 Å². The Kier molecular flexibility index (Phi) is 4.38. The number of nitrogens with zero attached hydrogens (tertiary/aromatic N) is 1. The van der Waals surface area contributed by atoms with Gasteiger partial charge in [0.1, 0.15) is 11.4 Å². The van der Waals surface area contributed by atoms with Crippen LogP contribution in [0.1, 0.15) is 32.4 Å². The lowest BCUT2D eigenvalue weighted by Crippen LogP contribution is -2.39. The van der Waals surface area contributed by atoms with Crippen LogP contribution in [0.5, 0.6) is 0 Å². The zero-order valence-corrected chi connectivity index (χ0v) is 9.78. The minimum absolute atomic E-state index is 0.0598. The summed E-state index contributed by atoms with van der Waals surface area (Å²) in [4.78, 5) is 3.96. The van der Waals surface area contributed by atoms with E-state index in [1.165, 1.54) is 12.1 Å². The Morgan fingerprint density at radius 2 is 2.19 bits per heavy atom. The second-order valence-corrected chi connectivity index (χ2v) is 3.98. The van der Waals surface area contributed by atoms with E-state index >= 15 is 0 Å². The molecule has 0 aliphatic heterocycles. The summed E-state index contributed by atoms with van der Waals surface area (Å²) >= 11 is 0. The van der Waals surface area contributed by atoms with Crippen molar-refractivity contribution in [2.75, 3.05) is 6.54 Å². The van der Waals surface area contributed by atoms with Crippen molar-refractivity contribution < 1.29 is 9.50 Å². The fraction of sp³-hybridized carbons (Fsp3) is 0.583. The Labute approximate surface area is 95.5 Å². The third kappa shape index (κ3) is 2.39. The first-order valence-corrected chi connectivity index (χ1v) is 5.62.